The van der Waals surface area contributed by atoms with Gasteiger partial charge >= 0.3 is 0 Å². The van der Waals surface area contributed by atoms with Crippen molar-refractivity contribution < 1.29 is 19.1 Å². The molecule has 4 atom stereocenters. The van der Waals surface area contributed by atoms with Crippen molar-refractivity contribution in [3.05, 3.63) is 23.8 Å². The van der Waals surface area contributed by atoms with Crippen molar-refractivity contribution in [1.29, 1.82) is 5.26 Å². The van der Waals surface area contributed by atoms with Crippen LogP contribution in [0.2, 0.25) is 0 Å². The van der Waals surface area contributed by atoms with Crippen molar-refractivity contribution in [3.8, 4) is 17.6 Å². The summed E-state index contributed by atoms with van der Waals surface area (Å²) in [5.74, 6) is 1.07. The molecule has 0 saturated carbocycles. The van der Waals surface area contributed by atoms with Crippen LogP contribution in [0, 0.1) is 16.7 Å². The highest BCUT2D eigenvalue weighted by atomic mass is 16.7. The van der Waals surface area contributed by atoms with Gasteiger partial charge in [0.2, 0.25) is 6.79 Å². The first-order valence-corrected chi connectivity index (χ1v) is 8.24. The van der Waals surface area contributed by atoms with Gasteiger partial charge in [-0.15, -0.1) is 0 Å². The van der Waals surface area contributed by atoms with Gasteiger partial charge in [0.15, 0.2) is 22.6 Å². The van der Waals surface area contributed by atoms with Gasteiger partial charge in [0.05, 0.1) is 17.5 Å². The fraction of sp³-hybridized carbons (Fsp3) is 0.500. The van der Waals surface area contributed by atoms with Crippen molar-refractivity contribution in [2.24, 2.45) is 5.41 Å². The standard InChI is InChI=1S/C18H17N3O4/c1-16(8-19)7-18-15(23)20(3)17(18,2)14(22)21(18)13(16)10-4-5-11-12(6-10)25-9-24-11/h4-6,13H,7,9H2,1-3H3/t13-,16+,17-,18+/m1/s1. The van der Waals surface area contributed by atoms with Crippen molar-refractivity contribution >= 4 is 11.8 Å². The van der Waals surface area contributed by atoms with Gasteiger partial charge in [0, 0.05) is 13.5 Å². The Morgan fingerprint density at radius 2 is 1.92 bits per heavy atom. The summed E-state index contributed by atoms with van der Waals surface area (Å²) < 4.78 is 10.8. The molecule has 1 aromatic rings. The summed E-state index contributed by atoms with van der Waals surface area (Å²) in [5.41, 5.74) is -1.79. The average Bonchev–Trinajstić information content (AvgIpc) is 3.19. The molecule has 4 aliphatic rings. The van der Waals surface area contributed by atoms with E-state index >= 15 is 0 Å². The topological polar surface area (TPSA) is 82.9 Å². The largest absolute Gasteiger partial charge is 0.454 e. The van der Waals surface area contributed by atoms with E-state index in [1.807, 2.05) is 19.1 Å². The molecule has 4 aliphatic heterocycles. The smallest absolute Gasteiger partial charge is 0.252 e. The Morgan fingerprint density at radius 3 is 2.64 bits per heavy atom. The number of likely N-dealkylation sites (tertiary alicyclic amines) is 1. The Kier molecular flexibility index (Phi) is 2.28. The van der Waals surface area contributed by atoms with Gasteiger partial charge in [0.25, 0.3) is 11.8 Å². The van der Waals surface area contributed by atoms with E-state index in [9.17, 15) is 14.9 Å². The van der Waals surface area contributed by atoms with Crippen LogP contribution in [0.3, 0.4) is 0 Å². The minimum absolute atomic E-state index is 0.0840. The lowest BCUT2D eigenvalue weighted by Gasteiger charge is -2.71. The summed E-state index contributed by atoms with van der Waals surface area (Å²) in [4.78, 5) is 28.8. The lowest BCUT2D eigenvalue weighted by Crippen LogP contribution is -2.96. The van der Waals surface area contributed by atoms with Crippen LogP contribution in [0.4, 0.5) is 0 Å². The zero-order valence-electron chi connectivity index (χ0n) is 14.2. The lowest BCUT2D eigenvalue weighted by atomic mass is 9.57. The number of fused-ring (bicyclic) bond motifs is 1. The maximum atomic E-state index is 13.0. The van der Waals surface area contributed by atoms with E-state index in [4.69, 9.17) is 9.47 Å². The van der Waals surface area contributed by atoms with Crippen LogP contribution in [0.1, 0.15) is 31.9 Å². The average molecular weight is 339 g/mol. The molecular formula is C18H17N3O4. The second kappa shape index (κ2) is 3.90. The van der Waals surface area contributed by atoms with Gasteiger partial charge in [0.1, 0.15) is 0 Å². The minimum atomic E-state index is -0.898. The molecule has 1 spiro atoms. The summed E-state index contributed by atoms with van der Waals surface area (Å²) in [7, 11) is 1.65. The number of carbonyl (C=O) groups is 2. The quantitative estimate of drug-likeness (QED) is 0.718. The van der Waals surface area contributed by atoms with E-state index in [0.29, 0.717) is 17.9 Å². The molecule has 0 radical (unpaired) electrons. The number of rotatable bonds is 1. The number of likely N-dealkylation sites (N-methyl/N-ethyl adjacent to an activating group) is 1. The maximum absolute atomic E-state index is 13.0. The molecule has 3 fully saturated rings. The highest BCUT2D eigenvalue weighted by molar-refractivity contribution is 6.18. The molecule has 0 aliphatic carbocycles. The molecule has 0 N–H and O–H groups in total. The van der Waals surface area contributed by atoms with Crippen LogP contribution in [0.5, 0.6) is 11.5 Å². The molecule has 4 heterocycles. The fourth-order valence-electron chi connectivity index (χ4n) is 5.21. The Bertz CT molecular complexity index is 908. The number of benzene rings is 1. The van der Waals surface area contributed by atoms with Gasteiger partial charge in [-0.2, -0.15) is 5.26 Å². The van der Waals surface area contributed by atoms with Gasteiger partial charge in [-0.1, -0.05) is 6.07 Å². The third kappa shape index (κ3) is 1.22. The van der Waals surface area contributed by atoms with E-state index in [2.05, 4.69) is 6.07 Å². The molecule has 1 aromatic carbocycles. The Morgan fingerprint density at radius 1 is 1.20 bits per heavy atom. The molecule has 5 rings (SSSR count). The predicted molar refractivity (Wildman–Crippen MR) is 84.4 cm³/mol. The molecule has 25 heavy (non-hydrogen) atoms. The van der Waals surface area contributed by atoms with Gasteiger partial charge in [-0.3, -0.25) is 9.59 Å². The SMILES string of the molecule is CN1C(=O)[C@]23C[C@@](C)(C#N)[C@@H](c4ccc5c(c4)OCO5)N2C(=O)[C@@]13C. The van der Waals surface area contributed by atoms with Crippen molar-refractivity contribution in [2.75, 3.05) is 13.8 Å². The number of hydrogen-bond donors (Lipinski definition) is 0. The monoisotopic (exact) mass is 339 g/mol. The van der Waals surface area contributed by atoms with Crippen molar-refractivity contribution in [3.63, 3.8) is 0 Å². The molecule has 0 unspecified atom stereocenters. The highest BCUT2D eigenvalue weighted by Crippen LogP contribution is 2.69. The Labute approximate surface area is 144 Å². The number of carbonyl (C=O) groups excluding carboxylic acids is 2. The minimum Gasteiger partial charge on any atom is -0.454 e. The number of piperazine rings is 1. The summed E-state index contributed by atoms with van der Waals surface area (Å²) in [6, 6.07) is 7.35. The summed E-state index contributed by atoms with van der Waals surface area (Å²) in [5, 5.41) is 9.89. The summed E-state index contributed by atoms with van der Waals surface area (Å²) >= 11 is 0. The Hall–Kier alpha value is -2.75. The molecule has 7 nitrogen and oxygen atoms in total. The fourth-order valence-corrected chi connectivity index (χ4v) is 5.21. The van der Waals surface area contributed by atoms with Crippen LogP contribution in [0.15, 0.2) is 18.2 Å². The van der Waals surface area contributed by atoms with Crippen LogP contribution in [-0.2, 0) is 9.59 Å². The predicted octanol–water partition coefficient (Wildman–Crippen LogP) is 1.20. The van der Waals surface area contributed by atoms with Gasteiger partial charge in [-0.05, 0) is 31.5 Å². The summed E-state index contributed by atoms with van der Waals surface area (Å²) in [6.07, 6.45) is 0.348. The van der Waals surface area contributed by atoms with Crippen LogP contribution in [0.25, 0.3) is 0 Å². The number of amides is 2. The normalized spacial score (nSPS) is 40.2. The van der Waals surface area contributed by atoms with Gasteiger partial charge < -0.3 is 19.3 Å². The van der Waals surface area contributed by atoms with E-state index in [1.54, 1.807) is 24.9 Å². The van der Waals surface area contributed by atoms with E-state index in [-0.39, 0.29) is 18.6 Å². The number of β-lactam (4-membered cyclic amide) rings is 2. The van der Waals surface area contributed by atoms with E-state index < -0.39 is 22.5 Å². The Balaban J connectivity index is 1.66. The van der Waals surface area contributed by atoms with Crippen LogP contribution >= 0.6 is 0 Å². The molecule has 0 bridgehead atoms. The highest BCUT2D eigenvalue weighted by Gasteiger charge is 2.89. The number of ether oxygens (including phenoxy) is 2. The summed E-state index contributed by atoms with van der Waals surface area (Å²) in [6.45, 7) is 3.79. The number of nitrogens with zero attached hydrogens (tertiary/aromatic N) is 3. The molecule has 7 heteroatoms. The number of nitriles is 1. The third-order valence-corrected chi connectivity index (χ3v) is 6.63. The van der Waals surface area contributed by atoms with E-state index in [0.717, 1.165) is 5.56 Å². The van der Waals surface area contributed by atoms with Crippen LogP contribution in [-0.4, -0.2) is 46.5 Å². The van der Waals surface area contributed by atoms with E-state index in [1.165, 1.54) is 4.90 Å². The van der Waals surface area contributed by atoms with Gasteiger partial charge in [-0.25, -0.2) is 0 Å². The zero-order chi connectivity index (χ0) is 17.8. The zero-order valence-corrected chi connectivity index (χ0v) is 14.2. The molecular weight excluding hydrogens is 322 g/mol. The first-order chi connectivity index (χ1) is 11.8. The second-order valence-electron chi connectivity index (χ2n) is 7.69. The van der Waals surface area contributed by atoms with Crippen molar-refractivity contribution in [1.82, 2.24) is 9.80 Å². The number of hydrogen-bond acceptors (Lipinski definition) is 5. The lowest BCUT2D eigenvalue weighted by molar-refractivity contribution is -0.231. The maximum Gasteiger partial charge on any atom is 0.252 e. The third-order valence-electron chi connectivity index (χ3n) is 6.63. The first kappa shape index (κ1) is 14.6. The molecule has 128 valence electrons. The second-order valence-corrected chi connectivity index (χ2v) is 7.69. The molecule has 2 amide bonds. The molecule has 3 saturated heterocycles. The van der Waals surface area contributed by atoms with Crippen LogP contribution < -0.4 is 9.47 Å². The molecule has 0 aromatic heterocycles. The first-order valence-electron chi connectivity index (χ1n) is 8.24. The van der Waals surface area contributed by atoms with Crippen molar-refractivity contribution in [2.45, 2.75) is 37.4 Å².